The number of hydrogen-bond acceptors (Lipinski definition) is 6. The molecule has 0 saturated carbocycles. The first-order valence-electron chi connectivity index (χ1n) is 9.73. The van der Waals surface area contributed by atoms with Crippen LogP contribution in [-0.4, -0.2) is 38.4 Å². The molecule has 0 aliphatic heterocycles. The van der Waals surface area contributed by atoms with E-state index in [0.717, 1.165) is 4.47 Å². The maximum absolute atomic E-state index is 12.9. The Morgan fingerprint density at radius 3 is 2.68 bits per heavy atom. The van der Waals surface area contributed by atoms with Gasteiger partial charge in [0.05, 0.1) is 17.2 Å². The maximum atomic E-state index is 12.9. The average molecular weight is 481 g/mol. The Hall–Kier alpha value is -3.46. The fraction of sp³-hybridized carbons (Fsp3) is 0.182. The van der Waals surface area contributed by atoms with Gasteiger partial charge in [-0.1, -0.05) is 41.9 Å². The van der Waals surface area contributed by atoms with E-state index >= 15 is 0 Å². The summed E-state index contributed by atoms with van der Waals surface area (Å²) in [6.45, 7) is 4.52. The van der Waals surface area contributed by atoms with Gasteiger partial charge in [0, 0.05) is 16.6 Å². The van der Waals surface area contributed by atoms with Crippen molar-refractivity contribution in [3.63, 3.8) is 0 Å². The molecule has 31 heavy (non-hydrogen) atoms. The third-order valence-electron chi connectivity index (χ3n) is 4.67. The van der Waals surface area contributed by atoms with Gasteiger partial charge in [0.15, 0.2) is 5.65 Å². The number of carbonyl (C=O) groups excluding carboxylic acids is 1. The lowest BCUT2D eigenvalue weighted by molar-refractivity contribution is 0.0951. The standard InChI is InChI=1S/C22H21BrN6O2/c1-12(2)10-25-22(31)18-19-21(28-16-6-4-3-5-15(16)27-19)29(20(18)24)26-11-13-9-14(23)7-8-17(13)30/h3-9,11-12,30H,10,24H2,1-2H3,(H,25,31)/b26-11+. The Morgan fingerprint density at radius 2 is 1.97 bits per heavy atom. The van der Waals surface area contributed by atoms with E-state index in [9.17, 15) is 9.90 Å². The molecule has 1 amide bonds. The van der Waals surface area contributed by atoms with Gasteiger partial charge in [-0.3, -0.25) is 4.79 Å². The summed E-state index contributed by atoms with van der Waals surface area (Å²) in [6, 6.07) is 12.4. The first-order chi connectivity index (χ1) is 14.8. The number of carbonyl (C=O) groups is 1. The summed E-state index contributed by atoms with van der Waals surface area (Å²) in [4.78, 5) is 22.2. The second-order valence-electron chi connectivity index (χ2n) is 7.51. The van der Waals surface area contributed by atoms with Gasteiger partial charge in [-0.25, -0.2) is 9.97 Å². The number of aromatic nitrogens is 3. The van der Waals surface area contributed by atoms with Crippen LogP contribution >= 0.6 is 15.9 Å². The summed E-state index contributed by atoms with van der Waals surface area (Å²) < 4.78 is 2.16. The van der Waals surface area contributed by atoms with Crippen LogP contribution in [0.5, 0.6) is 5.75 Å². The number of fused-ring (bicyclic) bond motifs is 2. The molecule has 4 aromatic rings. The Morgan fingerprint density at radius 1 is 1.26 bits per heavy atom. The minimum atomic E-state index is -0.333. The number of hydrogen-bond donors (Lipinski definition) is 3. The highest BCUT2D eigenvalue weighted by molar-refractivity contribution is 9.10. The van der Waals surface area contributed by atoms with Crippen molar-refractivity contribution in [3.05, 3.63) is 58.1 Å². The molecule has 8 nitrogen and oxygen atoms in total. The molecule has 4 rings (SSSR count). The van der Waals surface area contributed by atoms with E-state index in [1.165, 1.54) is 10.9 Å². The van der Waals surface area contributed by atoms with Crippen molar-refractivity contribution in [1.82, 2.24) is 20.0 Å². The highest BCUT2D eigenvalue weighted by atomic mass is 79.9. The Bertz CT molecular complexity index is 1330. The fourth-order valence-corrected chi connectivity index (χ4v) is 3.50. The van der Waals surface area contributed by atoms with Crippen molar-refractivity contribution >= 4 is 56.1 Å². The van der Waals surface area contributed by atoms with E-state index in [1.807, 2.05) is 38.1 Å². The topological polar surface area (TPSA) is 118 Å². The first kappa shape index (κ1) is 20.8. The third kappa shape index (κ3) is 4.09. The number of rotatable bonds is 5. The monoisotopic (exact) mass is 480 g/mol. The van der Waals surface area contributed by atoms with Crippen LogP contribution in [0, 0.1) is 5.92 Å². The zero-order valence-electron chi connectivity index (χ0n) is 17.0. The SMILES string of the molecule is CC(C)CNC(=O)c1c(N)n(/N=C/c2cc(Br)ccc2O)c2nc3ccccc3nc12. The third-order valence-corrected chi connectivity index (χ3v) is 5.17. The average Bonchev–Trinajstić information content (AvgIpc) is 3.01. The summed E-state index contributed by atoms with van der Waals surface area (Å²) in [7, 11) is 0. The summed E-state index contributed by atoms with van der Waals surface area (Å²) in [5.41, 5.74) is 9.10. The smallest absolute Gasteiger partial charge is 0.257 e. The quantitative estimate of drug-likeness (QED) is 0.374. The summed E-state index contributed by atoms with van der Waals surface area (Å²) in [5.74, 6) is 0.133. The number of anilines is 1. The van der Waals surface area contributed by atoms with Crippen LogP contribution in [0.3, 0.4) is 0 Å². The van der Waals surface area contributed by atoms with E-state index in [4.69, 9.17) is 5.73 Å². The number of phenols is 1. The van der Waals surface area contributed by atoms with Gasteiger partial charge in [-0.15, -0.1) is 0 Å². The number of nitrogens with two attached hydrogens (primary N) is 1. The lowest BCUT2D eigenvalue weighted by Crippen LogP contribution is -2.28. The van der Waals surface area contributed by atoms with E-state index in [-0.39, 0.29) is 29.0 Å². The van der Waals surface area contributed by atoms with Crippen LogP contribution in [-0.2, 0) is 0 Å². The van der Waals surface area contributed by atoms with Crippen molar-refractivity contribution in [2.75, 3.05) is 12.3 Å². The summed E-state index contributed by atoms with van der Waals surface area (Å²) >= 11 is 3.38. The molecule has 4 N–H and O–H groups in total. The van der Waals surface area contributed by atoms with Crippen molar-refractivity contribution in [3.8, 4) is 5.75 Å². The molecule has 0 bridgehead atoms. The number of aromatic hydroxyl groups is 1. The molecular weight excluding hydrogens is 460 g/mol. The molecule has 0 fully saturated rings. The van der Waals surface area contributed by atoms with Crippen molar-refractivity contribution in [1.29, 1.82) is 0 Å². The van der Waals surface area contributed by atoms with Gasteiger partial charge >= 0.3 is 0 Å². The van der Waals surface area contributed by atoms with Gasteiger partial charge in [0.25, 0.3) is 5.91 Å². The zero-order valence-corrected chi connectivity index (χ0v) is 18.6. The Kier molecular flexibility index (Phi) is 5.60. The van der Waals surface area contributed by atoms with Crippen LogP contribution in [0.2, 0.25) is 0 Å². The van der Waals surface area contributed by atoms with E-state index < -0.39 is 0 Å². The summed E-state index contributed by atoms with van der Waals surface area (Å²) in [6.07, 6.45) is 1.46. The van der Waals surface area contributed by atoms with Gasteiger partial charge in [0.2, 0.25) is 0 Å². The molecule has 9 heteroatoms. The van der Waals surface area contributed by atoms with Crippen LogP contribution in [0.25, 0.3) is 22.2 Å². The predicted molar refractivity (Wildman–Crippen MR) is 125 cm³/mol. The van der Waals surface area contributed by atoms with Gasteiger partial charge < -0.3 is 16.2 Å². The van der Waals surface area contributed by atoms with Crippen molar-refractivity contribution < 1.29 is 9.90 Å². The van der Waals surface area contributed by atoms with Crippen LogP contribution in [0.4, 0.5) is 5.82 Å². The normalized spacial score (nSPS) is 11.7. The van der Waals surface area contributed by atoms with Gasteiger partial charge in [-0.05, 0) is 36.2 Å². The number of benzene rings is 2. The predicted octanol–water partition coefficient (Wildman–Crippen LogP) is 3.90. The Labute approximate surface area is 186 Å². The number of amides is 1. The molecule has 2 aromatic heterocycles. The number of nitrogens with one attached hydrogen (secondary N) is 1. The molecule has 0 unspecified atom stereocenters. The second kappa shape index (κ2) is 8.35. The van der Waals surface area contributed by atoms with Crippen LogP contribution in [0.15, 0.2) is 52.0 Å². The largest absolute Gasteiger partial charge is 0.507 e. The maximum Gasteiger partial charge on any atom is 0.257 e. The highest BCUT2D eigenvalue weighted by Gasteiger charge is 2.24. The van der Waals surface area contributed by atoms with Gasteiger partial charge in [-0.2, -0.15) is 9.78 Å². The molecule has 2 heterocycles. The minimum Gasteiger partial charge on any atom is -0.507 e. The highest BCUT2D eigenvalue weighted by Crippen LogP contribution is 2.28. The fourth-order valence-electron chi connectivity index (χ4n) is 3.12. The molecule has 158 valence electrons. The number of halogens is 1. The van der Waals surface area contributed by atoms with E-state index in [0.29, 0.717) is 34.3 Å². The molecule has 0 spiro atoms. The molecular formula is C22H21BrN6O2. The molecule has 0 saturated heterocycles. The first-order valence-corrected chi connectivity index (χ1v) is 10.5. The molecule has 0 atom stereocenters. The van der Waals surface area contributed by atoms with Crippen molar-refractivity contribution in [2.24, 2.45) is 11.0 Å². The van der Waals surface area contributed by atoms with Crippen molar-refractivity contribution in [2.45, 2.75) is 13.8 Å². The van der Waals surface area contributed by atoms with E-state index in [1.54, 1.807) is 18.2 Å². The number of nitrogen functional groups attached to an aromatic ring is 1. The summed E-state index contributed by atoms with van der Waals surface area (Å²) in [5, 5.41) is 17.4. The van der Waals surface area contributed by atoms with Gasteiger partial charge in [0.1, 0.15) is 22.6 Å². The van der Waals surface area contributed by atoms with E-state index in [2.05, 4.69) is 36.3 Å². The molecule has 0 aliphatic carbocycles. The number of nitrogens with zero attached hydrogens (tertiary/aromatic N) is 4. The molecule has 0 aliphatic rings. The molecule has 2 aromatic carbocycles. The lowest BCUT2D eigenvalue weighted by atomic mass is 10.2. The molecule has 0 radical (unpaired) electrons. The minimum absolute atomic E-state index is 0.0633. The Balaban J connectivity index is 1.90. The second-order valence-corrected chi connectivity index (χ2v) is 8.42. The number of phenolic OH excluding ortho intramolecular Hbond substituents is 1. The number of para-hydroxylation sites is 2. The lowest BCUT2D eigenvalue weighted by Gasteiger charge is -2.07. The van der Waals surface area contributed by atoms with Crippen LogP contribution in [0.1, 0.15) is 29.8 Å². The zero-order chi connectivity index (χ0) is 22.1. The van der Waals surface area contributed by atoms with Crippen LogP contribution < -0.4 is 11.1 Å².